The number of rotatable bonds is 4. The Morgan fingerprint density at radius 1 is 1.15 bits per heavy atom. The average Bonchev–Trinajstić information content (AvgIpc) is 2.32. The fourth-order valence-electron chi connectivity index (χ4n) is 3.48. The number of benzene rings is 1. The van der Waals surface area contributed by atoms with Crippen LogP contribution in [0.3, 0.4) is 0 Å². The van der Waals surface area contributed by atoms with Gasteiger partial charge in [0.25, 0.3) is 0 Å². The van der Waals surface area contributed by atoms with Gasteiger partial charge in [0.15, 0.2) is 0 Å². The highest BCUT2D eigenvalue weighted by Crippen LogP contribution is 2.47. The minimum Gasteiger partial charge on any atom is -0.314 e. The van der Waals surface area contributed by atoms with Crippen molar-refractivity contribution in [2.24, 2.45) is 5.92 Å². The van der Waals surface area contributed by atoms with Crippen LogP contribution in [0, 0.1) is 5.92 Å². The summed E-state index contributed by atoms with van der Waals surface area (Å²) in [5.41, 5.74) is 3.58. The zero-order chi connectivity index (χ0) is 15.0. The predicted octanol–water partition coefficient (Wildman–Crippen LogP) is 4.65. The van der Waals surface area contributed by atoms with Gasteiger partial charge in [-0.2, -0.15) is 0 Å². The monoisotopic (exact) mass is 273 g/mol. The number of nitrogens with one attached hydrogen (secondary N) is 1. The molecular formula is C19H31N. The van der Waals surface area contributed by atoms with Crippen LogP contribution in [0.5, 0.6) is 0 Å². The molecule has 1 N–H and O–H groups in total. The van der Waals surface area contributed by atoms with Crippen molar-refractivity contribution in [2.45, 2.75) is 71.3 Å². The molecule has 0 atom stereocenters. The van der Waals surface area contributed by atoms with Crippen LogP contribution >= 0.6 is 0 Å². The molecule has 0 unspecified atom stereocenters. The van der Waals surface area contributed by atoms with E-state index in [2.05, 4.69) is 71.1 Å². The quantitative estimate of drug-likeness (QED) is 0.842. The molecule has 0 saturated heterocycles. The molecule has 0 heterocycles. The third kappa shape index (κ3) is 3.25. The second-order valence-electron chi connectivity index (χ2n) is 8.16. The van der Waals surface area contributed by atoms with Crippen molar-refractivity contribution in [1.82, 2.24) is 5.32 Å². The van der Waals surface area contributed by atoms with Crippen LogP contribution in [0.4, 0.5) is 0 Å². The van der Waals surface area contributed by atoms with Crippen LogP contribution in [0.25, 0.3) is 0 Å². The summed E-state index contributed by atoms with van der Waals surface area (Å²) in [5, 5.41) is 3.65. The lowest BCUT2D eigenvalue weighted by Crippen LogP contribution is -2.49. The van der Waals surface area contributed by atoms with Gasteiger partial charge < -0.3 is 5.32 Å². The maximum absolute atomic E-state index is 3.65. The van der Waals surface area contributed by atoms with Gasteiger partial charge >= 0.3 is 0 Å². The van der Waals surface area contributed by atoms with Gasteiger partial charge in [-0.15, -0.1) is 0 Å². The molecule has 20 heavy (non-hydrogen) atoms. The van der Waals surface area contributed by atoms with Crippen LogP contribution in [-0.4, -0.2) is 12.6 Å². The molecular weight excluding hydrogens is 242 g/mol. The molecule has 1 aromatic carbocycles. The van der Waals surface area contributed by atoms with Crippen LogP contribution in [0.15, 0.2) is 24.3 Å². The number of hydrogen-bond donors (Lipinski definition) is 1. The van der Waals surface area contributed by atoms with E-state index in [1.54, 1.807) is 0 Å². The maximum atomic E-state index is 3.65. The first-order valence-corrected chi connectivity index (χ1v) is 8.07. The van der Waals surface area contributed by atoms with Gasteiger partial charge in [0.2, 0.25) is 0 Å². The molecule has 1 nitrogen and oxygen atoms in total. The van der Waals surface area contributed by atoms with Crippen molar-refractivity contribution in [2.75, 3.05) is 6.54 Å². The lowest BCUT2D eigenvalue weighted by molar-refractivity contribution is 0.149. The smallest absolute Gasteiger partial charge is 0.00829 e. The lowest BCUT2D eigenvalue weighted by Gasteiger charge is -2.48. The van der Waals surface area contributed by atoms with Crippen molar-refractivity contribution in [3.8, 4) is 0 Å². The fraction of sp³-hybridized carbons (Fsp3) is 0.684. The van der Waals surface area contributed by atoms with E-state index >= 15 is 0 Å². The van der Waals surface area contributed by atoms with Crippen LogP contribution in [0.1, 0.15) is 65.5 Å². The van der Waals surface area contributed by atoms with Crippen molar-refractivity contribution in [3.05, 3.63) is 35.4 Å². The van der Waals surface area contributed by atoms with E-state index in [0.717, 1.165) is 12.5 Å². The van der Waals surface area contributed by atoms with Crippen LogP contribution in [-0.2, 0) is 10.8 Å². The molecule has 0 aromatic heterocycles. The first-order chi connectivity index (χ1) is 9.23. The zero-order valence-electron chi connectivity index (χ0n) is 14.1. The third-order valence-electron chi connectivity index (χ3n) is 4.69. The predicted molar refractivity (Wildman–Crippen MR) is 88.4 cm³/mol. The van der Waals surface area contributed by atoms with Crippen LogP contribution in [0.2, 0.25) is 0 Å². The molecule has 0 amide bonds. The minimum atomic E-state index is 0.245. The third-order valence-corrected chi connectivity index (χ3v) is 4.69. The van der Waals surface area contributed by atoms with Crippen molar-refractivity contribution >= 4 is 0 Å². The second kappa shape index (κ2) is 5.52. The molecule has 0 bridgehead atoms. The Kier molecular flexibility index (Phi) is 4.30. The van der Waals surface area contributed by atoms with E-state index in [4.69, 9.17) is 0 Å². The van der Waals surface area contributed by atoms with Crippen molar-refractivity contribution < 1.29 is 0 Å². The molecule has 0 radical (unpaired) electrons. The summed E-state index contributed by atoms with van der Waals surface area (Å²) in [7, 11) is 0. The van der Waals surface area contributed by atoms with Crippen LogP contribution < -0.4 is 5.32 Å². The standard InChI is InChI=1S/C19H31N/c1-14(2)20-13-19(11-15(3)12-19)17-9-7-16(8-10-17)18(4,5)6/h7-10,14-15,20H,11-13H2,1-6H3. The Bertz CT molecular complexity index is 430. The van der Waals surface area contributed by atoms with E-state index in [1.807, 2.05) is 0 Å². The maximum Gasteiger partial charge on any atom is 0.00829 e. The Hall–Kier alpha value is -0.820. The summed E-state index contributed by atoms with van der Waals surface area (Å²) >= 11 is 0. The minimum absolute atomic E-state index is 0.245. The summed E-state index contributed by atoms with van der Waals surface area (Å²) in [5.74, 6) is 0.867. The molecule has 1 fully saturated rings. The summed E-state index contributed by atoms with van der Waals surface area (Å²) in [4.78, 5) is 0. The molecule has 2 rings (SSSR count). The van der Waals surface area contributed by atoms with Gasteiger partial charge in [0, 0.05) is 18.0 Å². The molecule has 1 aliphatic rings. The zero-order valence-corrected chi connectivity index (χ0v) is 14.1. The van der Waals surface area contributed by atoms with Gasteiger partial charge in [0.1, 0.15) is 0 Å². The fourth-order valence-corrected chi connectivity index (χ4v) is 3.48. The molecule has 1 heteroatoms. The topological polar surface area (TPSA) is 12.0 Å². The Morgan fingerprint density at radius 2 is 1.70 bits per heavy atom. The highest BCUT2D eigenvalue weighted by Gasteiger charge is 2.43. The van der Waals surface area contributed by atoms with Gasteiger partial charge in [-0.25, -0.2) is 0 Å². The SMILES string of the molecule is CC1CC(CNC(C)C)(c2ccc(C(C)(C)C)cc2)C1. The molecule has 112 valence electrons. The van der Waals surface area contributed by atoms with Gasteiger partial charge in [-0.1, -0.05) is 65.8 Å². The summed E-state index contributed by atoms with van der Waals surface area (Å²) < 4.78 is 0. The van der Waals surface area contributed by atoms with E-state index in [9.17, 15) is 0 Å². The Balaban J connectivity index is 2.18. The van der Waals surface area contributed by atoms with E-state index in [1.165, 1.54) is 24.0 Å². The second-order valence-corrected chi connectivity index (χ2v) is 8.16. The Morgan fingerprint density at radius 3 is 2.10 bits per heavy atom. The highest BCUT2D eigenvalue weighted by molar-refractivity contribution is 5.34. The molecule has 0 spiro atoms. The van der Waals surface area contributed by atoms with Gasteiger partial charge in [-0.3, -0.25) is 0 Å². The first-order valence-electron chi connectivity index (χ1n) is 8.07. The first kappa shape index (κ1) is 15.6. The summed E-state index contributed by atoms with van der Waals surface area (Å²) in [6.07, 6.45) is 2.64. The highest BCUT2D eigenvalue weighted by atomic mass is 14.9. The normalized spacial score (nSPS) is 26.6. The van der Waals surface area contributed by atoms with Crippen molar-refractivity contribution in [3.63, 3.8) is 0 Å². The van der Waals surface area contributed by atoms with E-state index < -0.39 is 0 Å². The summed E-state index contributed by atoms with van der Waals surface area (Å²) in [6.45, 7) is 14.8. The Labute approximate surface area is 125 Å². The average molecular weight is 273 g/mol. The van der Waals surface area contributed by atoms with Crippen molar-refractivity contribution in [1.29, 1.82) is 0 Å². The molecule has 1 saturated carbocycles. The largest absolute Gasteiger partial charge is 0.314 e. The molecule has 1 aliphatic carbocycles. The molecule has 0 aliphatic heterocycles. The number of hydrogen-bond acceptors (Lipinski definition) is 1. The van der Waals surface area contributed by atoms with E-state index in [-0.39, 0.29) is 5.41 Å². The van der Waals surface area contributed by atoms with Gasteiger partial charge in [-0.05, 0) is 35.3 Å². The lowest BCUT2D eigenvalue weighted by atomic mass is 9.59. The molecule has 1 aromatic rings. The summed E-state index contributed by atoms with van der Waals surface area (Å²) in [6, 6.07) is 9.96. The van der Waals surface area contributed by atoms with Gasteiger partial charge in [0.05, 0.1) is 0 Å². The van der Waals surface area contributed by atoms with E-state index in [0.29, 0.717) is 11.5 Å².